The Kier molecular flexibility index (Phi) is 5.52. The molecule has 4 atom stereocenters. The van der Waals surface area contributed by atoms with Crippen LogP contribution in [0.25, 0.3) is 0 Å². The molecule has 1 N–H and O–H groups in total. The van der Waals surface area contributed by atoms with Crippen molar-refractivity contribution in [2.75, 3.05) is 13.7 Å². The Balaban J connectivity index is 2.47. The predicted molar refractivity (Wildman–Crippen MR) is 87.1 cm³/mol. The van der Waals surface area contributed by atoms with Gasteiger partial charge in [0, 0.05) is 26.4 Å². The number of allylic oxidation sites excluding steroid dienone is 1. The lowest BCUT2D eigenvalue weighted by atomic mass is 9.75. The van der Waals surface area contributed by atoms with Gasteiger partial charge in [0.25, 0.3) is 0 Å². The maximum absolute atomic E-state index is 12.7. The number of aliphatic hydroxyl groups excluding tert-OH is 1. The molecule has 0 radical (unpaired) electrons. The molecule has 0 spiro atoms. The second-order valence-electron chi connectivity index (χ2n) is 7.43. The van der Waals surface area contributed by atoms with Gasteiger partial charge in [-0.1, -0.05) is 19.4 Å². The van der Waals surface area contributed by atoms with Crippen LogP contribution in [0.4, 0.5) is 0 Å². The number of carbonyl (C=O) groups excluding carboxylic acids is 2. The van der Waals surface area contributed by atoms with E-state index in [1.54, 1.807) is 26.8 Å². The highest BCUT2D eigenvalue weighted by Gasteiger charge is 2.53. The van der Waals surface area contributed by atoms with Crippen LogP contribution in [-0.2, 0) is 23.8 Å². The van der Waals surface area contributed by atoms with Crippen molar-refractivity contribution >= 4 is 11.8 Å². The molecule has 1 fully saturated rings. The number of ketones is 1. The molecule has 6 heteroatoms. The van der Waals surface area contributed by atoms with E-state index in [2.05, 4.69) is 0 Å². The Morgan fingerprint density at radius 2 is 2.00 bits per heavy atom. The number of methoxy groups -OCH3 is 1. The molecule has 2 bridgehead atoms. The van der Waals surface area contributed by atoms with Crippen LogP contribution in [0, 0.1) is 11.3 Å². The minimum atomic E-state index is -1.30. The molecule has 0 amide bonds. The van der Waals surface area contributed by atoms with Crippen LogP contribution >= 0.6 is 0 Å². The highest BCUT2D eigenvalue weighted by molar-refractivity contribution is 5.95. The van der Waals surface area contributed by atoms with Gasteiger partial charge in [0.1, 0.15) is 5.92 Å². The summed E-state index contributed by atoms with van der Waals surface area (Å²) < 4.78 is 17.0. The molecule has 0 aromatic rings. The fraction of sp³-hybridized carbons (Fsp3) is 0.778. The second kappa shape index (κ2) is 6.94. The van der Waals surface area contributed by atoms with Crippen molar-refractivity contribution in [1.29, 1.82) is 0 Å². The van der Waals surface area contributed by atoms with Gasteiger partial charge in [-0.15, -0.1) is 0 Å². The highest BCUT2D eigenvalue weighted by atomic mass is 16.7. The SMILES string of the molecule is CO[C@@]12C[C@@H](O)C[C@@H](O1)C(C)(C)C(=O)/C=C(\C)CCOC(=O)C2C. The zero-order valence-corrected chi connectivity index (χ0v) is 15.1. The molecule has 2 aliphatic rings. The normalized spacial score (nSPS) is 39.9. The third-order valence-corrected chi connectivity index (χ3v) is 5.27. The maximum atomic E-state index is 12.7. The van der Waals surface area contributed by atoms with Gasteiger partial charge in [-0.05, 0) is 19.9 Å². The van der Waals surface area contributed by atoms with Crippen LogP contribution in [0.3, 0.4) is 0 Å². The monoisotopic (exact) mass is 340 g/mol. The number of carbonyl (C=O) groups is 2. The first-order chi connectivity index (χ1) is 11.1. The van der Waals surface area contributed by atoms with Crippen LogP contribution < -0.4 is 0 Å². The topological polar surface area (TPSA) is 82.1 Å². The van der Waals surface area contributed by atoms with E-state index in [-0.39, 0.29) is 18.8 Å². The first-order valence-corrected chi connectivity index (χ1v) is 8.41. The lowest BCUT2D eigenvalue weighted by Gasteiger charge is -2.48. The van der Waals surface area contributed by atoms with Crippen molar-refractivity contribution in [3.63, 3.8) is 0 Å². The van der Waals surface area contributed by atoms with E-state index >= 15 is 0 Å². The highest BCUT2D eigenvalue weighted by Crippen LogP contribution is 2.42. The van der Waals surface area contributed by atoms with Crippen LogP contribution in [0.2, 0.25) is 0 Å². The fourth-order valence-electron chi connectivity index (χ4n) is 3.28. The van der Waals surface area contributed by atoms with Gasteiger partial charge in [-0.3, -0.25) is 9.59 Å². The fourth-order valence-corrected chi connectivity index (χ4v) is 3.28. The van der Waals surface area contributed by atoms with Gasteiger partial charge in [-0.2, -0.15) is 0 Å². The van der Waals surface area contributed by atoms with E-state index in [0.29, 0.717) is 12.8 Å². The number of aliphatic hydroxyl groups is 1. The number of hydrogen-bond acceptors (Lipinski definition) is 6. The summed E-state index contributed by atoms with van der Waals surface area (Å²) in [7, 11) is 1.45. The Hall–Kier alpha value is -1.24. The first-order valence-electron chi connectivity index (χ1n) is 8.41. The smallest absolute Gasteiger partial charge is 0.314 e. The van der Waals surface area contributed by atoms with Gasteiger partial charge in [0.05, 0.1) is 24.2 Å². The molecule has 24 heavy (non-hydrogen) atoms. The third-order valence-electron chi connectivity index (χ3n) is 5.27. The molecule has 6 nitrogen and oxygen atoms in total. The molecule has 1 saturated heterocycles. The molecule has 0 aromatic carbocycles. The quantitative estimate of drug-likeness (QED) is 0.735. The standard InChI is InChI=1S/C18H28O6/c1-11-6-7-23-16(21)12(2)18(22-5)10-13(19)9-15(24-18)17(3,4)14(20)8-11/h8,12-13,15,19H,6-7,9-10H2,1-5H3/b11-8+/t12?,13-,15+,18-/m0/s1. The first kappa shape index (κ1) is 19.1. The van der Waals surface area contributed by atoms with Gasteiger partial charge >= 0.3 is 5.97 Å². The van der Waals surface area contributed by atoms with Crippen LogP contribution in [0.1, 0.15) is 47.0 Å². The minimum Gasteiger partial charge on any atom is -0.465 e. The van der Waals surface area contributed by atoms with E-state index in [1.165, 1.54) is 7.11 Å². The van der Waals surface area contributed by atoms with Crippen molar-refractivity contribution in [3.05, 3.63) is 11.6 Å². The Labute approximate surface area is 143 Å². The van der Waals surface area contributed by atoms with Gasteiger partial charge < -0.3 is 19.3 Å². The summed E-state index contributed by atoms with van der Waals surface area (Å²) in [6.07, 6.45) is 1.28. The van der Waals surface area contributed by atoms with E-state index in [4.69, 9.17) is 14.2 Å². The summed E-state index contributed by atoms with van der Waals surface area (Å²) in [5, 5.41) is 10.4. The number of fused-ring (bicyclic) bond motifs is 2. The zero-order chi connectivity index (χ0) is 18.1. The minimum absolute atomic E-state index is 0.0661. The van der Waals surface area contributed by atoms with Crippen molar-refractivity contribution in [2.45, 2.75) is 65.0 Å². The van der Waals surface area contributed by atoms with E-state index in [9.17, 15) is 14.7 Å². The number of cyclic esters (lactones) is 1. The van der Waals surface area contributed by atoms with Crippen molar-refractivity contribution in [1.82, 2.24) is 0 Å². The van der Waals surface area contributed by atoms with Crippen molar-refractivity contribution < 1.29 is 28.9 Å². The molecule has 0 saturated carbocycles. The Morgan fingerprint density at radius 3 is 2.62 bits per heavy atom. The van der Waals surface area contributed by atoms with Gasteiger partial charge in [-0.25, -0.2) is 0 Å². The van der Waals surface area contributed by atoms with Crippen LogP contribution in [0.15, 0.2) is 11.6 Å². The van der Waals surface area contributed by atoms with Crippen LogP contribution in [0.5, 0.6) is 0 Å². The molecular formula is C18H28O6. The van der Waals surface area contributed by atoms with E-state index in [0.717, 1.165) is 5.57 Å². The number of hydrogen-bond donors (Lipinski definition) is 1. The molecule has 2 aliphatic heterocycles. The van der Waals surface area contributed by atoms with E-state index in [1.807, 2.05) is 6.92 Å². The molecule has 0 aromatic heterocycles. The van der Waals surface area contributed by atoms with Crippen LogP contribution in [-0.4, -0.2) is 48.6 Å². The molecule has 2 heterocycles. The lowest BCUT2D eigenvalue weighted by Crippen LogP contribution is -2.58. The summed E-state index contributed by atoms with van der Waals surface area (Å²) in [5.74, 6) is -2.50. The van der Waals surface area contributed by atoms with Crippen molar-refractivity contribution in [3.8, 4) is 0 Å². The number of rotatable bonds is 1. The molecule has 136 valence electrons. The molecule has 0 aliphatic carbocycles. The summed E-state index contributed by atoms with van der Waals surface area (Å²) in [6.45, 7) is 7.32. The van der Waals surface area contributed by atoms with E-state index < -0.39 is 35.3 Å². The number of esters is 1. The van der Waals surface area contributed by atoms with Crippen molar-refractivity contribution in [2.24, 2.45) is 11.3 Å². The van der Waals surface area contributed by atoms with Gasteiger partial charge in [0.2, 0.25) is 0 Å². The second-order valence-corrected chi connectivity index (χ2v) is 7.43. The Morgan fingerprint density at radius 1 is 1.33 bits per heavy atom. The lowest BCUT2D eigenvalue weighted by molar-refractivity contribution is -0.317. The zero-order valence-electron chi connectivity index (χ0n) is 15.1. The predicted octanol–water partition coefficient (Wildman–Crippen LogP) is 1.99. The molecular weight excluding hydrogens is 312 g/mol. The summed E-state index contributed by atoms with van der Waals surface area (Å²) >= 11 is 0. The third kappa shape index (κ3) is 3.55. The summed E-state index contributed by atoms with van der Waals surface area (Å²) in [6, 6.07) is 0. The number of ether oxygens (including phenoxy) is 3. The Bertz CT molecular complexity index is 538. The van der Waals surface area contributed by atoms with Gasteiger partial charge in [0.15, 0.2) is 11.6 Å². The average Bonchev–Trinajstić information content (AvgIpc) is 2.52. The maximum Gasteiger partial charge on any atom is 0.314 e. The summed E-state index contributed by atoms with van der Waals surface area (Å²) in [4.78, 5) is 25.1. The molecule has 1 unspecified atom stereocenters. The largest absolute Gasteiger partial charge is 0.465 e. The average molecular weight is 340 g/mol. The summed E-state index contributed by atoms with van der Waals surface area (Å²) in [5.41, 5.74) is 0.0124. The molecule has 2 rings (SSSR count).